The summed E-state index contributed by atoms with van der Waals surface area (Å²) in [6.45, 7) is 1.83. The van der Waals surface area contributed by atoms with E-state index in [2.05, 4.69) is 0 Å². The molecule has 24 heavy (non-hydrogen) atoms. The van der Waals surface area contributed by atoms with Gasteiger partial charge >= 0.3 is 0 Å². The van der Waals surface area contributed by atoms with Crippen molar-refractivity contribution in [1.29, 1.82) is 0 Å². The standard InChI is InChI=1S/C16H22N4O4/c17-18-14(21)6-7-15(22)19-8-10-20(11-9-19)16(23)12-24-13-4-2-1-3-5-13/h1-5H,6-12,17H2,(H,18,21). The van der Waals surface area contributed by atoms with Gasteiger partial charge in [0.1, 0.15) is 5.75 Å². The lowest BCUT2D eigenvalue weighted by molar-refractivity contribution is -0.141. The Hall–Kier alpha value is -2.61. The van der Waals surface area contributed by atoms with Crippen LogP contribution < -0.4 is 16.0 Å². The quantitative estimate of drug-likeness (QED) is 0.415. The number of hydrogen-bond donors (Lipinski definition) is 2. The molecule has 3 N–H and O–H groups in total. The fraction of sp³-hybridized carbons (Fsp3) is 0.438. The first kappa shape index (κ1) is 17.7. The third kappa shape index (κ3) is 5.24. The highest BCUT2D eigenvalue weighted by Gasteiger charge is 2.24. The van der Waals surface area contributed by atoms with E-state index in [1.165, 1.54) is 0 Å². The van der Waals surface area contributed by atoms with Gasteiger partial charge in [-0.05, 0) is 12.1 Å². The lowest BCUT2D eigenvalue weighted by atomic mass is 10.2. The molecule has 8 heteroatoms. The monoisotopic (exact) mass is 334 g/mol. The topological polar surface area (TPSA) is 105 Å². The molecule has 0 saturated carbocycles. The third-order valence-electron chi connectivity index (χ3n) is 3.82. The molecule has 0 aliphatic carbocycles. The van der Waals surface area contributed by atoms with Gasteiger partial charge < -0.3 is 14.5 Å². The first-order chi connectivity index (χ1) is 11.6. The first-order valence-corrected chi connectivity index (χ1v) is 7.83. The van der Waals surface area contributed by atoms with Crippen molar-refractivity contribution in [1.82, 2.24) is 15.2 Å². The van der Waals surface area contributed by atoms with Crippen LogP contribution in [0, 0.1) is 0 Å². The fourth-order valence-corrected chi connectivity index (χ4v) is 2.41. The second-order valence-electron chi connectivity index (χ2n) is 5.43. The van der Waals surface area contributed by atoms with Crippen LogP contribution in [-0.4, -0.2) is 60.3 Å². The molecule has 1 fully saturated rings. The number of benzene rings is 1. The van der Waals surface area contributed by atoms with Crippen molar-refractivity contribution in [2.24, 2.45) is 5.84 Å². The number of piperazine rings is 1. The minimum atomic E-state index is -0.366. The van der Waals surface area contributed by atoms with E-state index in [4.69, 9.17) is 10.6 Å². The molecule has 2 rings (SSSR count). The molecule has 0 bridgehead atoms. The van der Waals surface area contributed by atoms with Crippen LogP contribution in [0.5, 0.6) is 5.75 Å². The van der Waals surface area contributed by atoms with Crippen LogP contribution in [0.3, 0.4) is 0 Å². The number of ether oxygens (including phenoxy) is 1. The van der Waals surface area contributed by atoms with Gasteiger partial charge in [0.2, 0.25) is 11.8 Å². The summed E-state index contributed by atoms with van der Waals surface area (Å²) in [5, 5.41) is 0. The average Bonchev–Trinajstić information content (AvgIpc) is 2.64. The molecule has 0 unspecified atom stereocenters. The van der Waals surface area contributed by atoms with Crippen LogP contribution in [0.4, 0.5) is 0 Å². The molecule has 0 atom stereocenters. The maximum Gasteiger partial charge on any atom is 0.260 e. The molecule has 1 saturated heterocycles. The van der Waals surface area contributed by atoms with Crippen LogP contribution in [0.15, 0.2) is 30.3 Å². The van der Waals surface area contributed by atoms with Gasteiger partial charge in [-0.15, -0.1) is 0 Å². The van der Waals surface area contributed by atoms with Crippen LogP contribution in [0.25, 0.3) is 0 Å². The maximum atomic E-state index is 12.1. The van der Waals surface area contributed by atoms with Crippen molar-refractivity contribution in [2.75, 3.05) is 32.8 Å². The van der Waals surface area contributed by atoms with E-state index in [9.17, 15) is 14.4 Å². The number of nitrogens with one attached hydrogen (secondary N) is 1. The Balaban J connectivity index is 1.70. The summed E-state index contributed by atoms with van der Waals surface area (Å²) in [6, 6.07) is 9.15. The summed E-state index contributed by atoms with van der Waals surface area (Å²) >= 11 is 0. The molecule has 1 aliphatic rings. The van der Waals surface area contributed by atoms with Crippen LogP contribution in [-0.2, 0) is 14.4 Å². The van der Waals surface area contributed by atoms with Gasteiger partial charge in [-0.2, -0.15) is 0 Å². The smallest absolute Gasteiger partial charge is 0.260 e. The average molecular weight is 334 g/mol. The van der Waals surface area contributed by atoms with E-state index in [1.807, 2.05) is 23.6 Å². The van der Waals surface area contributed by atoms with E-state index < -0.39 is 0 Å². The largest absolute Gasteiger partial charge is 0.484 e. The van der Waals surface area contributed by atoms with Gasteiger partial charge in [-0.25, -0.2) is 5.84 Å². The van der Waals surface area contributed by atoms with Gasteiger partial charge in [-0.3, -0.25) is 19.8 Å². The SMILES string of the molecule is NNC(=O)CCC(=O)N1CCN(C(=O)COc2ccccc2)CC1. The van der Waals surface area contributed by atoms with Gasteiger partial charge in [0.25, 0.3) is 5.91 Å². The zero-order valence-corrected chi connectivity index (χ0v) is 13.4. The lowest BCUT2D eigenvalue weighted by Gasteiger charge is -2.34. The van der Waals surface area contributed by atoms with Crippen LogP contribution in [0.2, 0.25) is 0 Å². The predicted octanol–water partition coefficient (Wildman–Crippen LogP) is -0.494. The highest BCUT2D eigenvalue weighted by atomic mass is 16.5. The Kier molecular flexibility index (Phi) is 6.56. The second-order valence-corrected chi connectivity index (χ2v) is 5.43. The minimum Gasteiger partial charge on any atom is -0.484 e. The number of rotatable bonds is 6. The third-order valence-corrected chi connectivity index (χ3v) is 3.82. The van der Waals surface area contributed by atoms with E-state index >= 15 is 0 Å². The van der Waals surface area contributed by atoms with Crippen molar-refractivity contribution in [2.45, 2.75) is 12.8 Å². The number of para-hydroxylation sites is 1. The molecular weight excluding hydrogens is 312 g/mol. The number of amides is 3. The summed E-state index contributed by atoms with van der Waals surface area (Å²) in [7, 11) is 0. The number of carbonyl (C=O) groups excluding carboxylic acids is 3. The molecular formula is C16H22N4O4. The Morgan fingerprint density at radius 3 is 2.12 bits per heavy atom. The zero-order chi connectivity index (χ0) is 17.4. The molecule has 8 nitrogen and oxygen atoms in total. The van der Waals surface area contributed by atoms with Crippen molar-refractivity contribution < 1.29 is 19.1 Å². The van der Waals surface area contributed by atoms with Crippen molar-refractivity contribution >= 4 is 17.7 Å². The predicted molar refractivity (Wildman–Crippen MR) is 86.7 cm³/mol. The van der Waals surface area contributed by atoms with E-state index in [0.29, 0.717) is 31.9 Å². The van der Waals surface area contributed by atoms with Crippen LogP contribution >= 0.6 is 0 Å². The van der Waals surface area contributed by atoms with Crippen molar-refractivity contribution in [3.63, 3.8) is 0 Å². The van der Waals surface area contributed by atoms with Crippen LogP contribution in [0.1, 0.15) is 12.8 Å². The summed E-state index contributed by atoms with van der Waals surface area (Å²) in [5.41, 5.74) is 2.00. The number of nitrogens with zero attached hydrogens (tertiary/aromatic N) is 2. The van der Waals surface area contributed by atoms with E-state index in [0.717, 1.165) is 0 Å². The van der Waals surface area contributed by atoms with Crippen molar-refractivity contribution in [3.05, 3.63) is 30.3 Å². The van der Waals surface area contributed by atoms with Gasteiger partial charge in [-0.1, -0.05) is 18.2 Å². The molecule has 130 valence electrons. The molecule has 0 radical (unpaired) electrons. The number of hydrazine groups is 1. The zero-order valence-electron chi connectivity index (χ0n) is 13.4. The number of carbonyl (C=O) groups is 3. The molecule has 1 aromatic carbocycles. The van der Waals surface area contributed by atoms with Gasteiger partial charge in [0, 0.05) is 39.0 Å². The lowest BCUT2D eigenvalue weighted by Crippen LogP contribution is -2.51. The van der Waals surface area contributed by atoms with E-state index in [1.54, 1.807) is 21.9 Å². The number of nitrogens with two attached hydrogens (primary N) is 1. The summed E-state index contributed by atoms with van der Waals surface area (Å²) in [6.07, 6.45) is 0.188. The summed E-state index contributed by atoms with van der Waals surface area (Å²) < 4.78 is 5.44. The van der Waals surface area contributed by atoms with E-state index in [-0.39, 0.29) is 37.2 Å². The minimum absolute atomic E-state index is 0.0192. The normalized spacial score (nSPS) is 14.2. The molecule has 3 amide bonds. The highest BCUT2D eigenvalue weighted by molar-refractivity contribution is 5.84. The van der Waals surface area contributed by atoms with Gasteiger partial charge in [0.05, 0.1) is 0 Å². The molecule has 0 aromatic heterocycles. The number of hydrogen-bond acceptors (Lipinski definition) is 5. The molecule has 1 aliphatic heterocycles. The Labute approximate surface area is 140 Å². The summed E-state index contributed by atoms with van der Waals surface area (Å²) in [5.74, 6) is 5.05. The Morgan fingerprint density at radius 1 is 0.958 bits per heavy atom. The van der Waals surface area contributed by atoms with Crippen molar-refractivity contribution in [3.8, 4) is 5.75 Å². The first-order valence-electron chi connectivity index (χ1n) is 7.83. The summed E-state index contributed by atoms with van der Waals surface area (Å²) in [4.78, 5) is 38.5. The Morgan fingerprint density at radius 2 is 1.54 bits per heavy atom. The molecule has 0 spiro atoms. The fourth-order valence-electron chi connectivity index (χ4n) is 2.41. The highest BCUT2D eigenvalue weighted by Crippen LogP contribution is 2.10. The molecule has 1 aromatic rings. The van der Waals surface area contributed by atoms with Gasteiger partial charge in [0.15, 0.2) is 6.61 Å². The maximum absolute atomic E-state index is 12.1. The molecule has 1 heterocycles. The Bertz CT molecular complexity index is 571. The second kappa shape index (κ2) is 8.88.